The van der Waals surface area contributed by atoms with Gasteiger partial charge in [0.2, 0.25) is 0 Å². The number of benzene rings is 2. The molecule has 228 valence electrons. The van der Waals surface area contributed by atoms with Crippen molar-refractivity contribution in [3.63, 3.8) is 0 Å². The van der Waals surface area contributed by atoms with Crippen molar-refractivity contribution < 1.29 is 18.6 Å². The molecule has 2 N–H and O–H groups in total. The second-order valence-electron chi connectivity index (χ2n) is 13.7. The molecule has 5 fully saturated rings. The number of hydrogen-bond acceptors (Lipinski definition) is 8. The zero-order chi connectivity index (χ0) is 29.6. The van der Waals surface area contributed by atoms with Crippen LogP contribution in [0.15, 0.2) is 36.5 Å². The summed E-state index contributed by atoms with van der Waals surface area (Å²) in [6.45, 7) is 3.11. The van der Waals surface area contributed by atoms with E-state index in [1.807, 2.05) is 0 Å². The number of aromatic nitrogens is 3. The highest BCUT2D eigenvalue weighted by Gasteiger charge is 2.55. The molecule has 4 saturated heterocycles. The van der Waals surface area contributed by atoms with Gasteiger partial charge in [-0.15, -0.1) is 0 Å². The number of aromatic hydroxyl groups is 1. The van der Waals surface area contributed by atoms with Crippen molar-refractivity contribution in [1.82, 2.24) is 25.2 Å². The fraction of sp³-hybridized carbons (Fsp3) is 0.500. The summed E-state index contributed by atoms with van der Waals surface area (Å²) in [6, 6.07) is 8.93. The number of rotatable bonds is 5. The first-order chi connectivity index (χ1) is 21.5. The minimum Gasteiger partial charge on any atom is -0.508 e. The molecule has 1 saturated carbocycles. The van der Waals surface area contributed by atoms with E-state index in [0.29, 0.717) is 41.3 Å². The van der Waals surface area contributed by atoms with E-state index in [2.05, 4.69) is 25.1 Å². The third-order valence-electron chi connectivity index (χ3n) is 11.1. The second kappa shape index (κ2) is 9.94. The standard InChI is InChI=1S/C34H36F2N6O2/c35-26-6-1-4-19-12-23(43)13-24(28(19)26)30-29(36)31-25(15-37-30)32(41-16-21-8-9-22(17-41)38-21)40-33(39-31)44-18-34-10-3-11-42(34)27-7-2-5-20(27)14-34/h1,4,6,12-13,15,20-22,27,38,43H,2-3,5,7-11,14,16-18H2/t20-,21?,22?,27-,34-/m0/s1. The third-order valence-corrected chi connectivity index (χ3v) is 11.1. The van der Waals surface area contributed by atoms with Gasteiger partial charge in [-0.3, -0.25) is 9.88 Å². The van der Waals surface area contributed by atoms with E-state index in [9.17, 15) is 5.11 Å². The quantitative estimate of drug-likeness (QED) is 0.309. The SMILES string of the molecule is Oc1cc(-c2ncc3c(N4CC5CCC(C4)N5)nc(OC[C@@]45CCCN4[C@H]4CCC[C@H]4C5)nc3c2F)c2c(F)cccc2c1. The number of nitrogens with zero attached hydrogens (tertiary/aromatic N) is 5. The fourth-order valence-corrected chi connectivity index (χ4v) is 9.30. The first-order valence-corrected chi connectivity index (χ1v) is 16.1. The van der Waals surface area contributed by atoms with Crippen molar-refractivity contribution in [1.29, 1.82) is 0 Å². The van der Waals surface area contributed by atoms with Gasteiger partial charge in [-0.1, -0.05) is 18.6 Å². The van der Waals surface area contributed by atoms with E-state index in [0.717, 1.165) is 57.7 Å². The maximum atomic E-state index is 16.7. The highest BCUT2D eigenvalue weighted by Crippen LogP contribution is 2.51. The molecule has 0 spiro atoms. The summed E-state index contributed by atoms with van der Waals surface area (Å²) in [5.74, 6) is 0.0681. The summed E-state index contributed by atoms with van der Waals surface area (Å²) in [5.41, 5.74) is 0.197. The van der Waals surface area contributed by atoms with Crippen LogP contribution in [-0.4, -0.2) is 74.9 Å². The summed E-state index contributed by atoms with van der Waals surface area (Å²) >= 11 is 0. The van der Waals surface area contributed by atoms with Crippen LogP contribution >= 0.6 is 0 Å². The maximum Gasteiger partial charge on any atom is 0.319 e. The monoisotopic (exact) mass is 598 g/mol. The summed E-state index contributed by atoms with van der Waals surface area (Å²) in [5, 5.41) is 15.3. The Morgan fingerprint density at radius 1 is 1.05 bits per heavy atom. The molecule has 44 heavy (non-hydrogen) atoms. The zero-order valence-corrected chi connectivity index (χ0v) is 24.6. The van der Waals surface area contributed by atoms with Crippen LogP contribution in [0.2, 0.25) is 0 Å². The number of anilines is 1. The van der Waals surface area contributed by atoms with Crippen molar-refractivity contribution in [3.8, 4) is 23.0 Å². The minimum absolute atomic E-state index is 0.0116. The molecule has 0 radical (unpaired) electrons. The van der Waals surface area contributed by atoms with Gasteiger partial charge in [0.25, 0.3) is 0 Å². The van der Waals surface area contributed by atoms with Crippen LogP contribution in [0.4, 0.5) is 14.6 Å². The van der Waals surface area contributed by atoms with Crippen molar-refractivity contribution in [2.45, 2.75) is 75.0 Å². The average Bonchev–Trinajstić information content (AvgIpc) is 3.77. The number of pyridine rings is 1. The van der Waals surface area contributed by atoms with Crippen molar-refractivity contribution >= 4 is 27.5 Å². The number of phenols is 1. The molecular formula is C34H36F2N6O2. The lowest BCUT2D eigenvalue weighted by Crippen LogP contribution is -2.51. The van der Waals surface area contributed by atoms with Gasteiger partial charge < -0.3 is 20.1 Å². The highest BCUT2D eigenvalue weighted by molar-refractivity contribution is 6.00. The number of piperazine rings is 1. The van der Waals surface area contributed by atoms with E-state index in [4.69, 9.17) is 9.72 Å². The summed E-state index contributed by atoms with van der Waals surface area (Å²) in [7, 11) is 0. The smallest absolute Gasteiger partial charge is 0.319 e. The van der Waals surface area contributed by atoms with E-state index in [1.165, 1.54) is 37.5 Å². The van der Waals surface area contributed by atoms with Gasteiger partial charge in [0.1, 0.15) is 35.2 Å². The lowest BCUT2D eigenvalue weighted by Gasteiger charge is -2.35. The molecule has 2 aromatic carbocycles. The first-order valence-electron chi connectivity index (χ1n) is 16.1. The lowest BCUT2D eigenvalue weighted by molar-refractivity contribution is 0.0832. The Labute approximate surface area is 254 Å². The van der Waals surface area contributed by atoms with Crippen molar-refractivity contribution in [3.05, 3.63) is 48.2 Å². The average molecular weight is 599 g/mol. The predicted octanol–water partition coefficient (Wildman–Crippen LogP) is 5.56. The van der Waals surface area contributed by atoms with E-state index < -0.39 is 11.6 Å². The van der Waals surface area contributed by atoms with Gasteiger partial charge in [0, 0.05) is 48.4 Å². The molecule has 4 aromatic rings. The molecule has 2 unspecified atom stereocenters. The van der Waals surface area contributed by atoms with Crippen molar-refractivity contribution in [2.75, 3.05) is 31.1 Å². The molecule has 4 aliphatic heterocycles. The van der Waals surface area contributed by atoms with Crippen LogP contribution in [0.1, 0.15) is 51.4 Å². The Hall–Kier alpha value is -3.63. The van der Waals surface area contributed by atoms with Crippen LogP contribution < -0.4 is 15.0 Å². The van der Waals surface area contributed by atoms with E-state index in [1.54, 1.807) is 18.3 Å². The Kier molecular flexibility index (Phi) is 6.04. The Bertz CT molecular complexity index is 1790. The van der Waals surface area contributed by atoms with Gasteiger partial charge in [-0.2, -0.15) is 9.97 Å². The largest absolute Gasteiger partial charge is 0.508 e. The Balaban J connectivity index is 1.16. The number of hydrogen-bond donors (Lipinski definition) is 2. The lowest BCUT2D eigenvalue weighted by atomic mass is 9.90. The molecule has 9 rings (SSSR count). The molecular weight excluding hydrogens is 562 g/mol. The molecule has 5 atom stereocenters. The Morgan fingerprint density at radius 3 is 2.77 bits per heavy atom. The van der Waals surface area contributed by atoms with Gasteiger partial charge in [-0.05, 0) is 81.0 Å². The minimum atomic E-state index is -0.680. The molecule has 2 bridgehead atoms. The van der Waals surface area contributed by atoms with Crippen LogP contribution in [0.3, 0.4) is 0 Å². The molecule has 6 heterocycles. The highest BCUT2D eigenvalue weighted by atomic mass is 19.1. The predicted molar refractivity (Wildman–Crippen MR) is 164 cm³/mol. The third kappa shape index (κ3) is 4.10. The molecule has 10 heteroatoms. The number of fused-ring (bicyclic) bond motifs is 7. The van der Waals surface area contributed by atoms with Gasteiger partial charge in [-0.25, -0.2) is 8.78 Å². The number of nitrogens with one attached hydrogen (secondary N) is 1. The number of phenolic OH excluding ortho intramolecular Hbond substituents is 1. The maximum absolute atomic E-state index is 16.7. The second-order valence-corrected chi connectivity index (χ2v) is 13.7. The summed E-state index contributed by atoms with van der Waals surface area (Å²) < 4.78 is 38.3. The summed E-state index contributed by atoms with van der Waals surface area (Å²) in [4.78, 5) is 19.0. The molecule has 0 amide bonds. The van der Waals surface area contributed by atoms with Gasteiger partial charge in [0.05, 0.1) is 10.9 Å². The van der Waals surface area contributed by atoms with Crippen LogP contribution in [0, 0.1) is 17.6 Å². The summed E-state index contributed by atoms with van der Waals surface area (Å²) in [6.07, 6.45) is 11.0. The topological polar surface area (TPSA) is 86.6 Å². The molecule has 8 nitrogen and oxygen atoms in total. The Morgan fingerprint density at radius 2 is 1.91 bits per heavy atom. The molecule has 1 aliphatic carbocycles. The normalized spacial score (nSPS) is 29.5. The number of halogens is 2. The van der Waals surface area contributed by atoms with Crippen LogP contribution in [-0.2, 0) is 0 Å². The number of ether oxygens (including phenoxy) is 1. The van der Waals surface area contributed by atoms with Crippen molar-refractivity contribution in [2.24, 2.45) is 5.92 Å². The molecule has 5 aliphatic rings. The molecule has 2 aromatic heterocycles. The van der Waals surface area contributed by atoms with Crippen LogP contribution in [0.25, 0.3) is 32.9 Å². The fourth-order valence-electron chi connectivity index (χ4n) is 9.30. The van der Waals surface area contributed by atoms with Gasteiger partial charge >= 0.3 is 6.01 Å². The zero-order valence-electron chi connectivity index (χ0n) is 24.6. The van der Waals surface area contributed by atoms with E-state index >= 15 is 8.78 Å². The van der Waals surface area contributed by atoms with Gasteiger partial charge in [0.15, 0.2) is 5.82 Å². The van der Waals surface area contributed by atoms with Crippen LogP contribution in [0.5, 0.6) is 11.8 Å². The first kappa shape index (κ1) is 26.7. The van der Waals surface area contributed by atoms with E-state index in [-0.39, 0.29) is 39.5 Å².